The highest BCUT2D eigenvalue weighted by Gasteiger charge is 2.16. The summed E-state index contributed by atoms with van der Waals surface area (Å²) in [6.07, 6.45) is 6.70. The van der Waals surface area contributed by atoms with Crippen molar-refractivity contribution in [3.63, 3.8) is 0 Å². The average Bonchev–Trinajstić information content (AvgIpc) is 2.36. The lowest BCUT2D eigenvalue weighted by Crippen LogP contribution is -2.17. The Balaban J connectivity index is 1.78. The molecule has 0 heterocycles. The van der Waals surface area contributed by atoms with Crippen molar-refractivity contribution in [3.05, 3.63) is 34.1 Å². The molecule has 4 heteroatoms. The van der Waals surface area contributed by atoms with Crippen molar-refractivity contribution >= 4 is 27.7 Å². The van der Waals surface area contributed by atoms with E-state index in [1.165, 1.54) is 44.2 Å². The Morgan fingerprint density at radius 3 is 2.68 bits per heavy atom. The molecule has 0 amide bonds. The van der Waals surface area contributed by atoms with Gasteiger partial charge in [0.1, 0.15) is 5.82 Å². The van der Waals surface area contributed by atoms with Gasteiger partial charge in [-0.2, -0.15) is 11.8 Å². The Morgan fingerprint density at radius 1 is 1.26 bits per heavy atom. The molecule has 1 fully saturated rings. The van der Waals surface area contributed by atoms with E-state index in [9.17, 15) is 9.50 Å². The highest BCUT2D eigenvalue weighted by Crippen LogP contribution is 2.29. The lowest BCUT2D eigenvalue weighted by Gasteiger charge is -2.22. The van der Waals surface area contributed by atoms with Crippen molar-refractivity contribution < 1.29 is 9.50 Å². The third-order valence-electron chi connectivity index (χ3n) is 3.47. The zero-order valence-corrected chi connectivity index (χ0v) is 13.4. The molecule has 0 bridgehead atoms. The van der Waals surface area contributed by atoms with E-state index in [1.54, 1.807) is 0 Å². The van der Waals surface area contributed by atoms with Gasteiger partial charge in [0.2, 0.25) is 0 Å². The Hall–Kier alpha value is -0.0600. The Bertz CT molecular complexity index is 387. The standard InChI is InChI=1S/C15H20BrFOS/c16-12-6-11(7-13(17)9-12)8-14(18)10-19-15-4-2-1-3-5-15/h6-7,9,14-15,18H,1-5,8,10H2. The minimum Gasteiger partial charge on any atom is -0.392 e. The molecular formula is C15H20BrFOS. The smallest absolute Gasteiger partial charge is 0.124 e. The molecule has 19 heavy (non-hydrogen) atoms. The number of aliphatic hydroxyl groups is 1. The van der Waals surface area contributed by atoms with E-state index in [1.807, 2.05) is 17.8 Å². The van der Waals surface area contributed by atoms with Crippen LogP contribution in [0.5, 0.6) is 0 Å². The molecule has 1 aliphatic carbocycles. The molecule has 0 saturated heterocycles. The monoisotopic (exact) mass is 346 g/mol. The van der Waals surface area contributed by atoms with E-state index in [-0.39, 0.29) is 11.9 Å². The molecule has 1 aromatic rings. The highest BCUT2D eigenvalue weighted by atomic mass is 79.9. The number of thioether (sulfide) groups is 1. The van der Waals surface area contributed by atoms with Crippen LogP contribution in [0.2, 0.25) is 0 Å². The van der Waals surface area contributed by atoms with Gasteiger partial charge >= 0.3 is 0 Å². The van der Waals surface area contributed by atoms with Crippen LogP contribution in [-0.4, -0.2) is 22.2 Å². The topological polar surface area (TPSA) is 20.2 Å². The lowest BCUT2D eigenvalue weighted by atomic mass is 10.0. The third kappa shape index (κ3) is 5.44. The van der Waals surface area contributed by atoms with Gasteiger partial charge in [0.15, 0.2) is 0 Å². The molecule has 0 radical (unpaired) electrons. The van der Waals surface area contributed by atoms with Crippen molar-refractivity contribution in [2.45, 2.75) is 49.9 Å². The van der Waals surface area contributed by atoms with E-state index in [2.05, 4.69) is 15.9 Å². The predicted octanol–water partition coefficient (Wildman–Crippen LogP) is 4.56. The second-order valence-electron chi connectivity index (χ2n) is 5.23. The Kier molecular flexibility index (Phi) is 6.17. The maximum atomic E-state index is 13.2. The first-order valence-electron chi connectivity index (χ1n) is 6.88. The number of hydrogen-bond acceptors (Lipinski definition) is 2. The first-order valence-corrected chi connectivity index (χ1v) is 8.72. The summed E-state index contributed by atoms with van der Waals surface area (Å²) in [7, 11) is 0. The number of rotatable bonds is 5. The van der Waals surface area contributed by atoms with Gasteiger partial charge in [-0.05, 0) is 43.0 Å². The van der Waals surface area contributed by atoms with E-state index < -0.39 is 0 Å². The summed E-state index contributed by atoms with van der Waals surface area (Å²) in [4.78, 5) is 0. The van der Waals surface area contributed by atoms with Gasteiger partial charge in [0, 0.05) is 15.5 Å². The summed E-state index contributed by atoms with van der Waals surface area (Å²) in [6, 6.07) is 4.81. The van der Waals surface area contributed by atoms with Crippen LogP contribution in [0.15, 0.2) is 22.7 Å². The molecule has 1 aliphatic rings. The fourth-order valence-electron chi connectivity index (χ4n) is 2.54. The van der Waals surface area contributed by atoms with Gasteiger partial charge < -0.3 is 5.11 Å². The van der Waals surface area contributed by atoms with E-state index in [4.69, 9.17) is 0 Å². The minimum absolute atomic E-state index is 0.253. The molecule has 1 saturated carbocycles. The van der Waals surface area contributed by atoms with Gasteiger partial charge in [-0.1, -0.05) is 35.2 Å². The molecule has 1 aromatic carbocycles. The van der Waals surface area contributed by atoms with Gasteiger partial charge in [0.05, 0.1) is 6.10 Å². The second-order valence-corrected chi connectivity index (χ2v) is 7.48. The number of halogens is 2. The largest absolute Gasteiger partial charge is 0.392 e. The van der Waals surface area contributed by atoms with Crippen molar-refractivity contribution in [1.82, 2.24) is 0 Å². The van der Waals surface area contributed by atoms with Crippen molar-refractivity contribution in [3.8, 4) is 0 Å². The number of benzene rings is 1. The fourth-order valence-corrected chi connectivity index (χ4v) is 4.33. The van der Waals surface area contributed by atoms with Crippen LogP contribution in [0.4, 0.5) is 4.39 Å². The van der Waals surface area contributed by atoms with Crippen LogP contribution in [0, 0.1) is 5.82 Å². The molecule has 1 N–H and O–H groups in total. The summed E-state index contributed by atoms with van der Waals surface area (Å²) in [5.41, 5.74) is 0.851. The quantitative estimate of drug-likeness (QED) is 0.843. The Labute approximate surface area is 127 Å². The summed E-state index contributed by atoms with van der Waals surface area (Å²) in [5.74, 6) is 0.496. The molecule has 0 aliphatic heterocycles. The Morgan fingerprint density at radius 2 is 2.00 bits per heavy atom. The molecule has 0 spiro atoms. The predicted molar refractivity (Wildman–Crippen MR) is 83.1 cm³/mol. The second kappa shape index (κ2) is 7.65. The van der Waals surface area contributed by atoms with Crippen molar-refractivity contribution in [1.29, 1.82) is 0 Å². The SMILES string of the molecule is OC(CSC1CCCCC1)Cc1cc(F)cc(Br)c1. The van der Waals surface area contributed by atoms with Gasteiger partial charge in [0.25, 0.3) is 0 Å². The van der Waals surface area contributed by atoms with Crippen LogP contribution in [0.3, 0.4) is 0 Å². The zero-order valence-electron chi connectivity index (χ0n) is 10.9. The molecule has 2 rings (SSSR count). The van der Waals surface area contributed by atoms with Crippen LogP contribution in [0.25, 0.3) is 0 Å². The minimum atomic E-state index is -0.388. The third-order valence-corrected chi connectivity index (χ3v) is 5.45. The number of aliphatic hydroxyl groups excluding tert-OH is 1. The van der Waals surface area contributed by atoms with Crippen molar-refractivity contribution in [2.24, 2.45) is 0 Å². The van der Waals surface area contributed by atoms with Gasteiger partial charge in [-0.3, -0.25) is 0 Å². The first-order chi connectivity index (χ1) is 9.13. The zero-order chi connectivity index (χ0) is 13.7. The summed E-state index contributed by atoms with van der Waals surface area (Å²) in [6.45, 7) is 0. The molecule has 0 aromatic heterocycles. The van der Waals surface area contributed by atoms with Gasteiger partial charge in [-0.15, -0.1) is 0 Å². The maximum Gasteiger partial charge on any atom is 0.124 e. The van der Waals surface area contributed by atoms with Crippen LogP contribution in [0.1, 0.15) is 37.7 Å². The van der Waals surface area contributed by atoms with Crippen molar-refractivity contribution in [2.75, 3.05) is 5.75 Å². The average molecular weight is 347 g/mol. The molecule has 106 valence electrons. The normalized spacial score (nSPS) is 18.5. The van der Waals surface area contributed by atoms with E-state index >= 15 is 0 Å². The molecule has 1 unspecified atom stereocenters. The lowest BCUT2D eigenvalue weighted by molar-refractivity contribution is 0.200. The van der Waals surface area contributed by atoms with Crippen LogP contribution >= 0.6 is 27.7 Å². The molecule has 1 atom stereocenters. The first kappa shape index (κ1) is 15.3. The number of hydrogen-bond donors (Lipinski definition) is 1. The fraction of sp³-hybridized carbons (Fsp3) is 0.600. The summed E-state index contributed by atoms with van der Waals surface area (Å²) < 4.78 is 14.0. The maximum absolute atomic E-state index is 13.2. The van der Waals surface area contributed by atoms with E-state index in [0.717, 1.165) is 15.8 Å². The summed E-state index contributed by atoms with van der Waals surface area (Å²) >= 11 is 5.16. The van der Waals surface area contributed by atoms with Gasteiger partial charge in [-0.25, -0.2) is 4.39 Å². The highest BCUT2D eigenvalue weighted by molar-refractivity contribution is 9.10. The summed E-state index contributed by atoms with van der Waals surface area (Å²) in [5, 5.41) is 10.8. The van der Waals surface area contributed by atoms with Crippen LogP contribution < -0.4 is 0 Å². The van der Waals surface area contributed by atoms with Crippen LogP contribution in [-0.2, 0) is 6.42 Å². The van der Waals surface area contributed by atoms with E-state index in [0.29, 0.717) is 11.7 Å². The molecular weight excluding hydrogens is 327 g/mol. The molecule has 1 nitrogen and oxygen atoms in total.